The van der Waals surface area contributed by atoms with Gasteiger partial charge in [0.05, 0.1) is 11.8 Å². The maximum atomic E-state index is 11.5. The summed E-state index contributed by atoms with van der Waals surface area (Å²) in [5.74, 6) is 1.12. The Kier molecular flexibility index (Phi) is 1.00. The maximum Gasteiger partial charge on any atom is 0.318 e. The van der Waals surface area contributed by atoms with Crippen LogP contribution in [0.15, 0.2) is 12.2 Å². The fraction of sp³-hybridized carbons (Fsp3) is 0.636. The summed E-state index contributed by atoms with van der Waals surface area (Å²) >= 11 is 0. The van der Waals surface area contributed by atoms with Crippen molar-refractivity contribution in [1.29, 1.82) is 0 Å². The van der Waals surface area contributed by atoms with E-state index in [2.05, 4.69) is 12.2 Å². The van der Waals surface area contributed by atoms with Crippen molar-refractivity contribution < 1.29 is 14.3 Å². The van der Waals surface area contributed by atoms with Gasteiger partial charge in [-0.05, 0) is 30.1 Å². The van der Waals surface area contributed by atoms with E-state index in [0.29, 0.717) is 23.7 Å². The molecule has 6 atom stereocenters. The lowest BCUT2D eigenvalue weighted by molar-refractivity contribution is -0.154. The van der Waals surface area contributed by atoms with E-state index in [1.807, 2.05) is 0 Å². The van der Waals surface area contributed by atoms with Crippen molar-refractivity contribution in [2.75, 3.05) is 0 Å². The summed E-state index contributed by atoms with van der Waals surface area (Å²) in [6.07, 6.45) is 5.48. The Morgan fingerprint density at radius 3 is 2.00 bits per heavy atom. The van der Waals surface area contributed by atoms with Crippen LogP contribution in [-0.4, -0.2) is 11.9 Å². The average molecular weight is 190 g/mol. The molecule has 3 fully saturated rings. The molecule has 3 nitrogen and oxygen atoms in total. The third kappa shape index (κ3) is 0.606. The van der Waals surface area contributed by atoms with E-state index >= 15 is 0 Å². The number of rotatable bonds is 0. The van der Waals surface area contributed by atoms with Crippen LogP contribution in [0.2, 0.25) is 0 Å². The molecule has 0 unspecified atom stereocenters. The third-order valence-electron chi connectivity index (χ3n) is 4.40. The van der Waals surface area contributed by atoms with Crippen molar-refractivity contribution in [2.24, 2.45) is 35.5 Å². The van der Waals surface area contributed by atoms with Crippen LogP contribution in [0, 0.1) is 35.5 Å². The molecular formula is C11H10O3. The molecule has 3 heteroatoms. The molecule has 0 N–H and O–H groups in total. The lowest BCUT2D eigenvalue weighted by Crippen LogP contribution is -2.40. The Balaban J connectivity index is 1.88. The summed E-state index contributed by atoms with van der Waals surface area (Å²) in [5, 5.41) is 0. The van der Waals surface area contributed by atoms with E-state index in [-0.39, 0.29) is 23.8 Å². The highest BCUT2D eigenvalue weighted by Gasteiger charge is 2.66. The smallest absolute Gasteiger partial charge is 0.318 e. The van der Waals surface area contributed by atoms with E-state index < -0.39 is 0 Å². The Morgan fingerprint density at radius 1 is 1.00 bits per heavy atom. The van der Waals surface area contributed by atoms with Crippen LogP contribution in [0.5, 0.6) is 0 Å². The molecule has 2 saturated carbocycles. The van der Waals surface area contributed by atoms with E-state index in [4.69, 9.17) is 4.74 Å². The van der Waals surface area contributed by atoms with Crippen molar-refractivity contribution in [3.05, 3.63) is 12.2 Å². The Morgan fingerprint density at radius 2 is 1.50 bits per heavy atom. The van der Waals surface area contributed by atoms with E-state index in [9.17, 15) is 9.59 Å². The first-order chi connectivity index (χ1) is 6.77. The minimum absolute atomic E-state index is 0.138. The molecule has 0 aromatic heterocycles. The standard InChI is InChI=1S/C11H10O3/c12-10-8-4-1-2-5(7-3-6(4)7)9(8)11(13)14-10/h1-2,4-9H,3H2/t4-,5-,6+,7+,8-,9-/m1/s1. The Bertz CT molecular complexity index is 350. The van der Waals surface area contributed by atoms with Crippen molar-refractivity contribution in [3.63, 3.8) is 0 Å². The summed E-state index contributed by atoms with van der Waals surface area (Å²) in [7, 11) is 0. The molecule has 0 radical (unpaired) electrons. The highest BCUT2D eigenvalue weighted by atomic mass is 16.6. The van der Waals surface area contributed by atoms with Crippen LogP contribution in [0.25, 0.3) is 0 Å². The molecule has 4 aliphatic carbocycles. The van der Waals surface area contributed by atoms with Gasteiger partial charge in [0.15, 0.2) is 0 Å². The predicted octanol–water partition coefficient (Wildman–Crippen LogP) is 0.754. The zero-order valence-electron chi connectivity index (χ0n) is 7.55. The molecule has 0 amide bonds. The van der Waals surface area contributed by atoms with Gasteiger partial charge in [-0.15, -0.1) is 0 Å². The largest absolute Gasteiger partial charge is 0.393 e. The number of carbonyl (C=O) groups excluding carboxylic acids is 2. The second-order valence-electron chi connectivity index (χ2n) is 4.89. The first kappa shape index (κ1) is 7.21. The van der Waals surface area contributed by atoms with E-state index in [1.165, 1.54) is 6.42 Å². The van der Waals surface area contributed by atoms with E-state index in [1.54, 1.807) is 0 Å². The number of hydrogen-bond acceptors (Lipinski definition) is 3. The van der Waals surface area contributed by atoms with Gasteiger partial charge >= 0.3 is 11.9 Å². The zero-order chi connectivity index (χ0) is 9.45. The van der Waals surface area contributed by atoms with Crippen LogP contribution in [0.3, 0.4) is 0 Å². The van der Waals surface area contributed by atoms with Gasteiger partial charge in [0.2, 0.25) is 0 Å². The van der Waals surface area contributed by atoms with Crippen LogP contribution in [-0.2, 0) is 14.3 Å². The molecule has 1 aliphatic heterocycles. The van der Waals surface area contributed by atoms with Crippen molar-refractivity contribution >= 4 is 11.9 Å². The molecule has 0 aromatic rings. The van der Waals surface area contributed by atoms with Crippen LogP contribution in [0.1, 0.15) is 6.42 Å². The van der Waals surface area contributed by atoms with Crippen molar-refractivity contribution in [2.45, 2.75) is 6.42 Å². The second kappa shape index (κ2) is 1.95. The summed E-state index contributed by atoms with van der Waals surface area (Å²) in [4.78, 5) is 23.0. The molecule has 2 bridgehead atoms. The van der Waals surface area contributed by atoms with Crippen molar-refractivity contribution in [1.82, 2.24) is 0 Å². The molecule has 14 heavy (non-hydrogen) atoms. The van der Waals surface area contributed by atoms with Gasteiger partial charge in [-0.1, -0.05) is 12.2 Å². The lowest BCUT2D eigenvalue weighted by atomic mass is 9.63. The second-order valence-corrected chi connectivity index (χ2v) is 4.89. The minimum atomic E-state index is -0.273. The fourth-order valence-corrected chi connectivity index (χ4v) is 3.76. The van der Waals surface area contributed by atoms with Crippen LogP contribution < -0.4 is 0 Å². The zero-order valence-corrected chi connectivity index (χ0v) is 7.55. The molecule has 0 aromatic carbocycles. The highest BCUT2D eigenvalue weighted by Crippen LogP contribution is 2.65. The number of allylic oxidation sites excluding steroid dienone is 2. The van der Waals surface area contributed by atoms with Crippen LogP contribution in [0.4, 0.5) is 0 Å². The number of cyclic esters (lactones) is 2. The van der Waals surface area contributed by atoms with Gasteiger partial charge < -0.3 is 4.74 Å². The van der Waals surface area contributed by atoms with Gasteiger partial charge in [0.25, 0.3) is 0 Å². The first-order valence-electron chi connectivity index (χ1n) is 5.21. The molecule has 1 heterocycles. The average Bonchev–Trinajstić information content (AvgIpc) is 2.92. The fourth-order valence-electron chi connectivity index (χ4n) is 3.76. The molecule has 5 rings (SSSR count). The number of carbonyl (C=O) groups is 2. The minimum Gasteiger partial charge on any atom is -0.393 e. The van der Waals surface area contributed by atoms with Gasteiger partial charge in [-0.3, -0.25) is 9.59 Å². The van der Waals surface area contributed by atoms with Gasteiger partial charge in [-0.25, -0.2) is 0 Å². The molecular weight excluding hydrogens is 180 g/mol. The van der Waals surface area contributed by atoms with Gasteiger partial charge in [0.1, 0.15) is 0 Å². The summed E-state index contributed by atoms with van der Waals surface area (Å²) < 4.78 is 4.74. The number of hydrogen-bond donors (Lipinski definition) is 0. The lowest BCUT2D eigenvalue weighted by Gasteiger charge is -2.36. The van der Waals surface area contributed by atoms with Crippen LogP contribution >= 0.6 is 0 Å². The normalized spacial score (nSPS) is 56.9. The van der Waals surface area contributed by atoms with E-state index in [0.717, 1.165) is 0 Å². The topological polar surface area (TPSA) is 43.4 Å². The molecule has 1 saturated heterocycles. The third-order valence-corrected chi connectivity index (χ3v) is 4.40. The Labute approximate surface area is 81.1 Å². The number of esters is 2. The monoisotopic (exact) mass is 190 g/mol. The van der Waals surface area contributed by atoms with Gasteiger partial charge in [-0.2, -0.15) is 0 Å². The predicted molar refractivity (Wildman–Crippen MR) is 45.8 cm³/mol. The Hall–Kier alpha value is -1.12. The van der Waals surface area contributed by atoms with Gasteiger partial charge in [0, 0.05) is 0 Å². The summed E-state index contributed by atoms with van der Waals surface area (Å²) in [5.41, 5.74) is 0. The molecule has 5 aliphatic rings. The quantitative estimate of drug-likeness (QED) is 0.321. The SMILES string of the molecule is O=C1OC(=O)[C@@H]2[C@@H]3C=C[C@H]([C@@H]4C[C@@H]34)[C@@H]12. The maximum absolute atomic E-state index is 11.5. The molecule has 72 valence electrons. The number of ether oxygens (including phenoxy) is 1. The molecule has 0 spiro atoms. The first-order valence-corrected chi connectivity index (χ1v) is 5.21. The summed E-state index contributed by atoms with van der Waals surface area (Å²) in [6.45, 7) is 0. The highest BCUT2D eigenvalue weighted by molar-refractivity contribution is 5.97. The van der Waals surface area contributed by atoms with Crippen molar-refractivity contribution in [3.8, 4) is 0 Å². The summed E-state index contributed by atoms with van der Waals surface area (Å²) in [6, 6.07) is 0.